The van der Waals surface area contributed by atoms with E-state index >= 15 is 0 Å². The molecule has 210 valence electrons. The first-order valence-electron chi connectivity index (χ1n) is 14.7. The first-order valence-corrected chi connectivity index (χ1v) is 14.7. The summed E-state index contributed by atoms with van der Waals surface area (Å²) >= 11 is 0. The number of rotatable bonds is 4. The summed E-state index contributed by atoms with van der Waals surface area (Å²) in [5.74, 6) is 8.00. The fourth-order valence-corrected chi connectivity index (χ4v) is 8.06. The van der Waals surface area contributed by atoms with Crippen molar-refractivity contribution in [1.29, 1.82) is 0 Å². The molecule has 1 amide bonds. The fraction of sp³-hybridized carbons (Fsp3) is 0.529. The zero-order valence-corrected chi connectivity index (χ0v) is 24.5. The van der Waals surface area contributed by atoms with E-state index in [0.29, 0.717) is 30.2 Å². The summed E-state index contributed by atoms with van der Waals surface area (Å²) in [6.45, 7) is 11.5. The third kappa shape index (κ3) is 4.21. The maximum Gasteiger partial charge on any atom is 0.308 e. The lowest BCUT2D eigenvalue weighted by atomic mass is 9.51. The Balaban J connectivity index is 1.40. The molecule has 0 N–H and O–H groups in total. The normalized spacial score (nSPS) is 27.8. The molecule has 1 saturated carbocycles. The van der Waals surface area contributed by atoms with Gasteiger partial charge in [0.2, 0.25) is 0 Å². The number of piperidine rings is 1. The number of hydrogen-bond acceptors (Lipinski definition) is 5. The van der Waals surface area contributed by atoms with Crippen molar-refractivity contribution in [2.75, 3.05) is 20.1 Å². The van der Waals surface area contributed by atoms with E-state index in [1.165, 1.54) is 23.6 Å². The van der Waals surface area contributed by atoms with Crippen LogP contribution in [-0.4, -0.2) is 60.0 Å². The van der Waals surface area contributed by atoms with Crippen molar-refractivity contribution >= 4 is 11.9 Å². The maximum atomic E-state index is 13.9. The highest BCUT2D eigenvalue weighted by molar-refractivity contribution is 5.94. The van der Waals surface area contributed by atoms with Crippen molar-refractivity contribution in [1.82, 2.24) is 9.80 Å². The van der Waals surface area contributed by atoms with Gasteiger partial charge >= 0.3 is 5.97 Å². The molecule has 2 aromatic carbocycles. The molecule has 2 bridgehead atoms. The number of amides is 1. The largest absolute Gasteiger partial charge is 0.487 e. The smallest absolute Gasteiger partial charge is 0.308 e. The first kappa shape index (κ1) is 26.9. The summed E-state index contributed by atoms with van der Waals surface area (Å²) in [4.78, 5) is 30.3. The molecular formula is C34H40N2O4. The minimum atomic E-state index is -0.303. The van der Waals surface area contributed by atoms with Gasteiger partial charge in [-0.25, -0.2) is 0 Å². The minimum Gasteiger partial charge on any atom is -0.487 e. The van der Waals surface area contributed by atoms with Crippen LogP contribution in [-0.2, 0) is 21.4 Å². The van der Waals surface area contributed by atoms with Crippen LogP contribution < -0.4 is 9.47 Å². The van der Waals surface area contributed by atoms with Crippen molar-refractivity contribution in [3.8, 4) is 23.3 Å². The number of likely N-dealkylation sites (N-methyl/N-ethyl adjacent to an activating group) is 1. The molecule has 0 unspecified atom stereocenters. The predicted molar refractivity (Wildman–Crippen MR) is 154 cm³/mol. The van der Waals surface area contributed by atoms with Crippen LogP contribution in [0, 0.1) is 37.5 Å². The van der Waals surface area contributed by atoms with E-state index in [1.54, 1.807) is 0 Å². The average Bonchev–Trinajstić information content (AvgIpc) is 3.24. The Kier molecular flexibility index (Phi) is 6.70. The number of likely N-dealkylation sites (tertiary alicyclic amines) is 1. The molecule has 4 aliphatic rings. The number of nitrogens with zero attached hydrogens (tertiary/aromatic N) is 2. The van der Waals surface area contributed by atoms with Crippen LogP contribution in [0.2, 0.25) is 0 Å². The summed E-state index contributed by atoms with van der Waals surface area (Å²) in [5, 5.41) is 0. The number of aryl methyl sites for hydroxylation is 2. The highest BCUT2D eigenvalue weighted by Gasteiger charge is 2.66. The lowest BCUT2D eigenvalue weighted by molar-refractivity contribution is -0.137. The number of hydrogen-bond donors (Lipinski definition) is 0. The second kappa shape index (κ2) is 9.96. The topological polar surface area (TPSA) is 59.1 Å². The third-order valence-electron chi connectivity index (χ3n) is 9.86. The van der Waals surface area contributed by atoms with Crippen molar-refractivity contribution in [2.24, 2.45) is 11.8 Å². The van der Waals surface area contributed by atoms with E-state index in [-0.39, 0.29) is 29.4 Å². The Labute approximate surface area is 238 Å². The molecular weight excluding hydrogens is 500 g/mol. The van der Waals surface area contributed by atoms with Crippen LogP contribution in [0.3, 0.4) is 0 Å². The number of esters is 1. The van der Waals surface area contributed by atoms with E-state index in [1.807, 2.05) is 29.2 Å². The standard InChI is InChI=1S/C34H40N2O4/c1-20(2)19-36(31(38)14-9-24-8-7-21(3)22(4)17-24)27-11-10-26-28-18-25-29(39-23(5)37)12-13-30-32(25)34(26,33(27)40-30)15-16-35(28)6/h7-8,12-13,17,20,26-28,33H,10-11,15-16,18-19H2,1-6H3/t26-,27+,28+,33-,34-/m0/s1. The highest BCUT2D eigenvalue weighted by Crippen LogP contribution is 2.63. The first-order chi connectivity index (χ1) is 19.1. The number of ether oxygens (including phenoxy) is 2. The van der Waals surface area contributed by atoms with Crippen LogP contribution >= 0.6 is 0 Å². The van der Waals surface area contributed by atoms with Gasteiger partial charge in [-0.3, -0.25) is 9.59 Å². The fourth-order valence-electron chi connectivity index (χ4n) is 8.06. The van der Waals surface area contributed by atoms with Crippen LogP contribution in [0.25, 0.3) is 0 Å². The minimum absolute atomic E-state index is 0.0696. The van der Waals surface area contributed by atoms with Gasteiger partial charge in [0.05, 0.1) is 6.04 Å². The zero-order chi connectivity index (χ0) is 28.3. The van der Waals surface area contributed by atoms with Gasteiger partial charge in [-0.1, -0.05) is 25.8 Å². The Hall–Kier alpha value is -3.30. The van der Waals surface area contributed by atoms with Gasteiger partial charge < -0.3 is 19.3 Å². The van der Waals surface area contributed by atoms with Crippen LogP contribution in [0.15, 0.2) is 30.3 Å². The van der Waals surface area contributed by atoms with Gasteiger partial charge in [-0.2, -0.15) is 0 Å². The summed E-state index contributed by atoms with van der Waals surface area (Å²) in [6.07, 6.45) is 3.60. The lowest BCUT2D eigenvalue weighted by Crippen LogP contribution is -2.68. The van der Waals surface area contributed by atoms with E-state index in [0.717, 1.165) is 49.1 Å². The summed E-state index contributed by atoms with van der Waals surface area (Å²) in [6, 6.07) is 10.2. The molecule has 5 atom stereocenters. The van der Waals surface area contributed by atoms with Crippen LogP contribution in [0.4, 0.5) is 0 Å². The van der Waals surface area contributed by atoms with Crippen molar-refractivity contribution in [3.05, 3.63) is 58.1 Å². The summed E-state index contributed by atoms with van der Waals surface area (Å²) < 4.78 is 12.6. The van der Waals surface area contributed by atoms with Gasteiger partial charge in [0, 0.05) is 47.5 Å². The number of carbonyl (C=O) groups excluding carboxylic acids is 2. The Morgan fingerprint density at radius 3 is 2.70 bits per heavy atom. The molecule has 0 radical (unpaired) electrons. The van der Waals surface area contributed by atoms with Gasteiger partial charge in [0.1, 0.15) is 17.6 Å². The molecule has 1 saturated heterocycles. The molecule has 1 spiro atoms. The number of benzene rings is 2. The molecule has 6 heteroatoms. The number of carbonyl (C=O) groups is 2. The third-order valence-corrected chi connectivity index (χ3v) is 9.86. The van der Waals surface area contributed by atoms with E-state index < -0.39 is 0 Å². The van der Waals surface area contributed by atoms with Crippen LogP contribution in [0.5, 0.6) is 11.5 Å². The van der Waals surface area contributed by atoms with Gasteiger partial charge in [0.25, 0.3) is 5.91 Å². The molecule has 2 heterocycles. The molecule has 2 aliphatic heterocycles. The molecule has 6 nitrogen and oxygen atoms in total. The highest BCUT2D eigenvalue weighted by atomic mass is 16.5. The van der Waals surface area contributed by atoms with Crippen LogP contribution in [0.1, 0.15) is 67.9 Å². The Morgan fingerprint density at radius 2 is 1.98 bits per heavy atom. The monoisotopic (exact) mass is 540 g/mol. The Morgan fingerprint density at radius 1 is 1.18 bits per heavy atom. The zero-order valence-electron chi connectivity index (χ0n) is 24.5. The second-order valence-electron chi connectivity index (χ2n) is 12.7. The van der Waals surface area contributed by atoms with Gasteiger partial charge in [-0.05, 0) is 100 Å². The predicted octanol–water partition coefficient (Wildman–Crippen LogP) is 4.80. The average molecular weight is 541 g/mol. The van der Waals surface area contributed by atoms with Crippen molar-refractivity contribution < 1.29 is 19.1 Å². The van der Waals surface area contributed by atoms with Gasteiger partial charge in [-0.15, -0.1) is 0 Å². The lowest BCUT2D eigenvalue weighted by Gasteiger charge is -2.60. The maximum absolute atomic E-state index is 13.9. The van der Waals surface area contributed by atoms with E-state index in [9.17, 15) is 9.59 Å². The SMILES string of the molecule is CC(=O)Oc1ccc2c3c1C[C@@H]1[C@@H]4CC[C@@H](N(CC(C)C)C(=O)C#Cc5ccc(C)c(C)c5)[C@H](O2)[C@]34CCN1C. The molecule has 40 heavy (non-hydrogen) atoms. The molecule has 2 aromatic rings. The molecule has 0 aromatic heterocycles. The summed E-state index contributed by atoms with van der Waals surface area (Å²) in [7, 11) is 2.21. The van der Waals surface area contributed by atoms with E-state index in [4.69, 9.17) is 9.47 Å². The van der Waals surface area contributed by atoms with Crippen molar-refractivity contribution in [3.63, 3.8) is 0 Å². The second-order valence-corrected chi connectivity index (χ2v) is 12.7. The van der Waals surface area contributed by atoms with E-state index in [2.05, 4.69) is 57.5 Å². The molecule has 6 rings (SSSR count). The summed E-state index contributed by atoms with van der Waals surface area (Å²) in [5.41, 5.74) is 5.39. The quantitative estimate of drug-likeness (QED) is 0.317. The van der Waals surface area contributed by atoms with Gasteiger partial charge in [0.15, 0.2) is 0 Å². The van der Waals surface area contributed by atoms with Crippen molar-refractivity contribution in [2.45, 2.75) is 83.9 Å². The molecule has 2 fully saturated rings. The molecule has 2 aliphatic carbocycles. The Bertz CT molecular complexity index is 1440.